The highest BCUT2D eigenvalue weighted by Gasteiger charge is 2.39. The van der Waals surface area contributed by atoms with Crippen molar-refractivity contribution in [1.29, 1.82) is 0 Å². The first kappa shape index (κ1) is 26.7. The lowest BCUT2D eigenvalue weighted by molar-refractivity contribution is -0.134. The van der Waals surface area contributed by atoms with Gasteiger partial charge in [-0.25, -0.2) is 0 Å². The van der Waals surface area contributed by atoms with E-state index in [0.717, 1.165) is 23.2 Å². The van der Waals surface area contributed by atoms with E-state index >= 15 is 0 Å². The summed E-state index contributed by atoms with van der Waals surface area (Å²) in [7, 11) is 5.08. The molecule has 0 unspecified atom stereocenters. The highest BCUT2D eigenvalue weighted by Crippen LogP contribution is 2.35. The van der Waals surface area contributed by atoms with Gasteiger partial charge in [0.1, 0.15) is 0 Å². The van der Waals surface area contributed by atoms with Gasteiger partial charge >= 0.3 is 0 Å². The van der Waals surface area contributed by atoms with E-state index in [1.807, 2.05) is 59.1 Å². The van der Waals surface area contributed by atoms with Crippen LogP contribution < -0.4 is 14.4 Å². The Morgan fingerprint density at radius 3 is 2.46 bits per heavy atom. The number of carbonyl (C=O) groups is 3. The number of rotatable bonds is 9. The van der Waals surface area contributed by atoms with Crippen LogP contribution >= 0.6 is 11.3 Å². The Labute approximate surface area is 232 Å². The molecule has 3 amide bonds. The van der Waals surface area contributed by atoms with Crippen LogP contribution in [0.25, 0.3) is 0 Å². The highest BCUT2D eigenvalue weighted by molar-refractivity contribution is 7.07. The Kier molecular flexibility index (Phi) is 7.88. The molecular formula is C30H33N3O5S. The molecule has 1 saturated heterocycles. The monoisotopic (exact) mass is 547 g/mol. The molecule has 0 saturated carbocycles. The zero-order valence-corrected chi connectivity index (χ0v) is 23.3. The number of piperidine rings is 1. The van der Waals surface area contributed by atoms with Crippen molar-refractivity contribution in [2.75, 3.05) is 45.8 Å². The topological polar surface area (TPSA) is 79.4 Å². The van der Waals surface area contributed by atoms with Gasteiger partial charge in [-0.1, -0.05) is 12.1 Å². The number of methoxy groups -OCH3 is 2. The number of fused-ring (bicyclic) bond motifs is 1. The van der Waals surface area contributed by atoms with Crippen LogP contribution in [0, 0.1) is 5.92 Å². The molecule has 2 aliphatic rings. The molecule has 3 heterocycles. The second-order valence-corrected chi connectivity index (χ2v) is 10.8. The lowest BCUT2D eigenvalue weighted by Gasteiger charge is -2.35. The third-order valence-corrected chi connectivity index (χ3v) is 8.37. The second kappa shape index (κ2) is 11.5. The molecule has 0 atom stereocenters. The summed E-state index contributed by atoms with van der Waals surface area (Å²) in [4.78, 5) is 44.9. The van der Waals surface area contributed by atoms with Gasteiger partial charge < -0.3 is 19.3 Å². The predicted molar refractivity (Wildman–Crippen MR) is 151 cm³/mol. The van der Waals surface area contributed by atoms with Gasteiger partial charge in [-0.2, -0.15) is 11.3 Å². The minimum absolute atomic E-state index is 0.0687. The Morgan fingerprint density at radius 2 is 1.77 bits per heavy atom. The van der Waals surface area contributed by atoms with Gasteiger partial charge in [0.15, 0.2) is 11.5 Å². The zero-order chi connectivity index (χ0) is 27.5. The number of imide groups is 1. The van der Waals surface area contributed by atoms with Crippen LogP contribution in [0.4, 0.5) is 5.69 Å². The molecule has 1 fully saturated rings. The summed E-state index contributed by atoms with van der Waals surface area (Å²) < 4.78 is 10.7. The Balaban J connectivity index is 1.19. The largest absolute Gasteiger partial charge is 0.493 e. The first-order valence-electron chi connectivity index (χ1n) is 13.1. The SMILES string of the molecule is COc1ccc(CCN(C)C(=O)C2CCN(c3cccc4c3C(=O)N(Cc3ccsc3)C4=O)CC2)cc1OC. The molecule has 204 valence electrons. The minimum atomic E-state index is -0.246. The molecule has 8 nitrogen and oxygen atoms in total. The Bertz CT molecular complexity index is 1360. The summed E-state index contributed by atoms with van der Waals surface area (Å²) in [6, 6.07) is 13.2. The van der Waals surface area contributed by atoms with Crippen molar-refractivity contribution in [3.63, 3.8) is 0 Å². The molecule has 3 aromatic rings. The first-order valence-corrected chi connectivity index (χ1v) is 14.1. The van der Waals surface area contributed by atoms with Crippen LogP contribution in [0.3, 0.4) is 0 Å². The van der Waals surface area contributed by atoms with E-state index in [0.29, 0.717) is 55.1 Å². The summed E-state index contributed by atoms with van der Waals surface area (Å²) in [5.74, 6) is 0.942. The normalized spacial score (nSPS) is 15.5. The molecule has 2 aliphatic heterocycles. The smallest absolute Gasteiger partial charge is 0.263 e. The average molecular weight is 548 g/mol. The van der Waals surface area contributed by atoms with E-state index in [-0.39, 0.29) is 30.2 Å². The lowest BCUT2D eigenvalue weighted by atomic mass is 9.94. The van der Waals surface area contributed by atoms with Crippen LogP contribution in [0.2, 0.25) is 0 Å². The lowest BCUT2D eigenvalue weighted by Crippen LogP contribution is -2.42. The van der Waals surface area contributed by atoms with Gasteiger partial charge in [-0.3, -0.25) is 19.3 Å². The zero-order valence-electron chi connectivity index (χ0n) is 22.5. The van der Waals surface area contributed by atoms with Gasteiger partial charge in [0.05, 0.1) is 37.6 Å². The third-order valence-electron chi connectivity index (χ3n) is 7.64. The summed E-state index contributed by atoms with van der Waals surface area (Å²) in [6.07, 6.45) is 2.11. The molecule has 5 rings (SSSR count). The van der Waals surface area contributed by atoms with Crippen LogP contribution in [-0.2, 0) is 17.8 Å². The number of carbonyl (C=O) groups excluding carboxylic acids is 3. The Morgan fingerprint density at radius 1 is 1.00 bits per heavy atom. The maximum absolute atomic E-state index is 13.3. The number of thiophene rings is 1. The molecule has 0 bridgehead atoms. The van der Waals surface area contributed by atoms with Crippen molar-refractivity contribution in [1.82, 2.24) is 9.80 Å². The second-order valence-electron chi connectivity index (χ2n) is 9.99. The fourth-order valence-electron chi connectivity index (χ4n) is 5.41. The fraction of sp³-hybridized carbons (Fsp3) is 0.367. The summed E-state index contributed by atoms with van der Waals surface area (Å²) in [5.41, 5.74) is 3.75. The number of benzene rings is 2. The minimum Gasteiger partial charge on any atom is -0.493 e. The molecule has 0 spiro atoms. The van der Waals surface area contributed by atoms with Crippen LogP contribution in [-0.4, -0.2) is 68.4 Å². The van der Waals surface area contributed by atoms with Gasteiger partial charge in [0.25, 0.3) is 11.8 Å². The average Bonchev–Trinajstić information content (AvgIpc) is 3.58. The molecule has 9 heteroatoms. The van der Waals surface area contributed by atoms with E-state index in [1.54, 1.807) is 31.6 Å². The molecule has 39 heavy (non-hydrogen) atoms. The number of anilines is 1. The highest BCUT2D eigenvalue weighted by atomic mass is 32.1. The van der Waals surface area contributed by atoms with Crippen molar-refractivity contribution < 1.29 is 23.9 Å². The maximum atomic E-state index is 13.3. The first-order chi connectivity index (χ1) is 18.9. The van der Waals surface area contributed by atoms with Crippen molar-refractivity contribution >= 4 is 34.7 Å². The van der Waals surface area contributed by atoms with Crippen LogP contribution in [0.1, 0.15) is 44.7 Å². The number of amides is 3. The summed E-state index contributed by atoms with van der Waals surface area (Å²) >= 11 is 1.55. The molecule has 0 radical (unpaired) electrons. The van der Waals surface area contributed by atoms with Crippen LogP contribution in [0.5, 0.6) is 11.5 Å². The van der Waals surface area contributed by atoms with Gasteiger partial charge in [-0.15, -0.1) is 0 Å². The van der Waals surface area contributed by atoms with Crippen molar-refractivity contribution in [2.45, 2.75) is 25.8 Å². The Hall–Kier alpha value is -3.85. The van der Waals surface area contributed by atoms with E-state index in [2.05, 4.69) is 4.90 Å². The van der Waals surface area contributed by atoms with Gasteiger partial charge in [0, 0.05) is 32.6 Å². The number of likely N-dealkylation sites (N-methyl/N-ethyl adjacent to an activating group) is 1. The number of ether oxygens (including phenoxy) is 2. The van der Waals surface area contributed by atoms with E-state index in [1.165, 1.54) is 4.90 Å². The third kappa shape index (κ3) is 5.36. The molecular weight excluding hydrogens is 514 g/mol. The molecule has 0 N–H and O–H groups in total. The van der Waals surface area contributed by atoms with E-state index in [4.69, 9.17) is 9.47 Å². The van der Waals surface area contributed by atoms with Crippen molar-refractivity contribution in [3.8, 4) is 11.5 Å². The molecule has 2 aromatic carbocycles. The van der Waals surface area contributed by atoms with Gasteiger partial charge in [-0.05, 0) is 71.5 Å². The van der Waals surface area contributed by atoms with E-state index < -0.39 is 0 Å². The van der Waals surface area contributed by atoms with Crippen molar-refractivity contribution in [2.24, 2.45) is 5.92 Å². The van der Waals surface area contributed by atoms with E-state index in [9.17, 15) is 14.4 Å². The number of hydrogen-bond acceptors (Lipinski definition) is 7. The summed E-state index contributed by atoms with van der Waals surface area (Å²) in [6.45, 7) is 2.20. The number of hydrogen-bond donors (Lipinski definition) is 0. The van der Waals surface area contributed by atoms with Crippen molar-refractivity contribution in [3.05, 3.63) is 75.5 Å². The van der Waals surface area contributed by atoms with Gasteiger partial charge in [0.2, 0.25) is 5.91 Å². The fourth-order valence-corrected chi connectivity index (χ4v) is 6.07. The maximum Gasteiger partial charge on any atom is 0.263 e. The standard InChI is InChI=1S/C30H33N3O5S/c1-31(13-9-20-7-8-25(37-2)26(17-20)38-3)28(34)22-10-14-32(15-11-22)24-6-4-5-23-27(24)30(36)33(29(23)35)18-21-12-16-39-19-21/h4-8,12,16-17,19,22H,9-11,13-15,18H2,1-3H3. The summed E-state index contributed by atoms with van der Waals surface area (Å²) in [5, 5.41) is 3.90. The number of nitrogens with zero attached hydrogens (tertiary/aromatic N) is 3. The quantitative estimate of drug-likeness (QED) is 0.368. The molecule has 1 aromatic heterocycles. The van der Waals surface area contributed by atoms with Crippen LogP contribution in [0.15, 0.2) is 53.2 Å². The predicted octanol–water partition coefficient (Wildman–Crippen LogP) is 4.48. The molecule has 0 aliphatic carbocycles.